The van der Waals surface area contributed by atoms with Crippen molar-refractivity contribution in [2.45, 2.75) is 185 Å². The van der Waals surface area contributed by atoms with Crippen molar-refractivity contribution in [2.24, 2.45) is 23.7 Å². The molecule has 0 aromatic carbocycles. The summed E-state index contributed by atoms with van der Waals surface area (Å²) in [5.74, 6) is 2.09. The molecule has 4 N–H and O–H groups in total. The summed E-state index contributed by atoms with van der Waals surface area (Å²) in [4.78, 5) is 0. The smallest absolute Gasteiger partial charge is 0.0565 e. The van der Waals surface area contributed by atoms with Crippen LogP contribution in [0.5, 0.6) is 0 Å². The van der Waals surface area contributed by atoms with Gasteiger partial charge in [-0.3, -0.25) is 0 Å². The first-order valence-electron chi connectivity index (χ1n) is 15.8. The zero-order valence-corrected chi connectivity index (χ0v) is 29.0. The molecule has 0 aliphatic rings. The fourth-order valence-electron chi connectivity index (χ4n) is 4.66. The fourth-order valence-corrected chi connectivity index (χ4v) is 4.66. The van der Waals surface area contributed by atoms with Crippen molar-refractivity contribution in [1.82, 2.24) is 0 Å². The third-order valence-corrected chi connectivity index (χ3v) is 8.04. The van der Waals surface area contributed by atoms with E-state index >= 15 is 0 Å². The monoisotopic (exact) mass is 568 g/mol. The van der Waals surface area contributed by atoms with Crippen LogP contribution in [0.15, 0.2) is 0 Å². The quantitative estimate of drug-likeness (QED) is 0.140. The van der Waals surface area contributed by atoms with Crippen molar-refractivity contribution >= 4 is 0 Å². The zero-order chi connectivity index (χ0) is 29.1. The molecule has 0 aliphatic carbocycles. The van der Waals surface area contributed by atoms with Gasteiger partial charge in [0.15, 0.2) is 0 Å². The SMILES string of the molecule is CCC(O)C(CC)CC.CCC(O)C(CC)CC.CCC(O)C(CC)CC.CCC(O)C(CC)CC.[Ti]. The summed E-state index contributed by atoms with van der Waals surface area (Å²) < 4.78 is 0. The third kappa shape index (κ3) is 26.5. The van der Waals surface area contributed by atoms with Gasteiger partial charge in [0, 0.05) is 21.7 Å². The van der Waals surface area contributed by atoms with E-state index in [0.29, 0.717) is 23.7 Å². The number of aliphatic hydroxyl groups is 4. The van der Waals surface area contributed by atoms with E-state index in [4.69, 9.17) is 0 Å². The second-order valence-electron chi connectivity index (χ2n) is 10.2. The number of hydrogen-bond donors (Lipinski definition) is 4. The first-order chi connectivity index (χ1) is 17.0. The second kappa shape index (κ2) is 34.6. The molecule has 0 saturated carbocycles. The van der Waals surface area contributed by atoms with Crippen LogP contribution in [-0.2, 0) is 21.7 Å². The Labute approximate surface area is 249 Å². The first-order valence-corrected chi connectivity index (χ1v) is 15.8. The van der Waals surface area contributed by atoms with Crippen molar-refractivity contribution in [3.05, 3.63) is 0 Å². The number of aliphatic hydroxyl groups excluding tert-OH is 4. The average molecular weight is 569 g/mol. The van der Waals surface area contributed by atoms with E-state index in [-0.39, 0.29) is 46.1 Å². The van der Waals surface area contributed by atoms with E-state index in [1.165, 1.54) is 0 Å². The summed E-state index contributed by atoms with van der Waals surface area (Å²) in [6, 6.07) is 0. The van der Waals surface area contributed by atoms with Gasteiger partial charge in [-0.1, -0.05) is 134 Å². The minimum absolute atomic E-state index is 0. The van der Waals surface area contributed by atoms with Crippen molar-refractivity contribution in [2.75, 3.05) is 0 Å². The molecule has 5 heteroatoms. The van der Waals surface area contributed by atoms with Gasteiger partial charge in [-0.2, -0.15) is 0 Å². The Morgan fingerprint density at radius 2 is 0.378 bits per heavy atom. The van der Waals surface area contributed by atoms with Gasteiger partial charge < -0.3 is 20.4 Å². The Morgan fingerprint density at radius 1 is 0.270 bits per heavy atom. The van der Waals surface area contributed by atoms with Crippen LogP contribution in [-0.4, -0.2) is 44.8 Å². The molecular weight excluding hydrogens is 496 g/mol. The van der Waals surface area contributed by atoms with Crippen LogP contribution in [0, 0.1) is 23.7 Å². The summed E-state index contributed by atoms with van der Waals surface area (Å²) in [6.07, 6.45) is 12.1. The third-order valence-electron chi connectivity index (χ3n) is 8.04. The molecule has 0 aromatic heterocycles. The van der Waals surface area contributed by atoms with Crippen LogP contribution >= 0.6 is 0 Å². The molecular formula is C32H72O4Ti. The zero-order valence-electron chi connectivity index (χ0n) is 27.4. The van der Waals surface area contributed by atoms with E-state index in [1.807, 2.05) is 27.7 Å². The van der Waals surface area contributed by atoms with Gasteiger partial charge >= 0.3 is 0 Å². The van der Waals surface area contributed by atoms with Crippen LogP contribution in [0.2, 0.25) is 0 Å². The minimum atomic E-state index is -0.0694. The molecule has 228 valence electrons. The molecule has 4 nitrogen and oxygen atoms in total. The summed E-state index contributed by atoms with van der Waals surface area (Å²) in [5.41, 5.74) is 0. The fraction of sp³-hybridized carbons (Fsp3) is 1.00. The minimum Gasteiger partial charge on any atom is -0.393 e. The molecule has 0 spiro atoms. The largest absolute Gasteiger partial charge is 0.393 e. The first kappa shape index (κ1) is 47.3. The van der Waals surface area contributed by atoms with E-state index in [9.17, 15) is 20.4 Å². The molecule has 4 unspecified atom stereocenters. The topological polar surface area (TPSA) is 80.9 Å². The van der Waals surface area contributed by atoms with Crippen molar-refractivity contribution in [1.29, 1.82) is 0 Å². The van der Waals surface area contributed by atoms with Crippen LogP contribution in [0.25, 0.3) is 0 Å². The molecule has 0 amide bonds. The van der Waals surface area contributed by atoms with Gasteiger partial charge in [0.2, 0.25) is 0 Å². The predicted octanol–water partition coefficient (Wildman–Crippen LogP) is 8.77. The molecule has 0 radical (unpaired) electrons. The predicted molar refractivity (Wildman–Crippen MR) is 161 cm³/mol. The molecule has 0 aromatic rings. The van der Waals surface area contributed by atoms with Gasteiger partial charge in [-0.25, -0.2) is 0 Å². The average Bonchev–Trinajstić information content (AvgIpc) is 2.91. The van der Waals surface area contributed by atoms with Crippen LogP contribution < -0.4 is 0 Å². The number of hydrogen-bond acceptors (Lipinski definition) is 4. The molecule has 0 rings (SSSR count). The Kier molecular flexibility index (Phi) is 44.3. The molecule has 0 saturated heterocycles. The Balaban J connectivity index is -0.000000122. The van der Waals surface area contributed by atoms with Crippen molar-refractivity contribution in [3.63, 3.8) is 0 Å². The van der Waals surface area contributed by atoms with E-state index in [2.05, 4.69) is 55.4 Å². The van der Waals surface area contributed by atoms with Crippen LogP contribution in [0.4, 0.5) is 0 Å². The Bertz CT molecular complexity index is 309. The molecule has 4 atom stereocenters. The number of rotatable bonds is 16. The summed E-state index contributed by atoms with van der Waals surface area (Å²) in [6.45, 7) is 25.2. The summed E-state index contributed by atoms with van der Waals surface area (Å²) >= 11 is 0. The molecule has 0 heterocycles. The molecule has 0 fully saturated rings. The van der Waals surface area contributed by atoms with Gasteiger partial charge in [0.05, 0.1) is 24.4 Å². The molecule has 0 bridgehead atoms. The Morgan fingerprint density at radius 3 is 0.405 bits per heavy atom. The second-order valence-corrected chi connectivity index (χ2v) is 10.2. The Hall–Kier alpha value is 0.554. The summed E-state index contributed by atoms with van der Waals surface area (Å²) in [5, 5.41) is 37.3. The van der Waals surface area contributed by atoms with Crippen LogP contribution in [0.3, 0.4) is 0 Å². The van der Waals surface area contributed by atoms with Crippen LogP contribution in [0.1, 0.15) is 160 Å². The van der Waals surface area contributed by atoms with Gasteiger partial charge in [-0.05, 0) is 49.4 Å². The summed E-state index contributed by atoms with van der Waals surface area (Å²) in [7, 11) is 0. The van der Waals surface area contributed by atoms with Crippen molar-refractivity contribution < 1.29 is 42.1 Å². The normalized spacial score (nSPS) is 13.9. The molecule has 0 aliphatic heterocycles. The van der Waals surface area contributed by atoms with Crippen molar-refractivity contribution in [3.8, 4) is 0 Å². The van der Waals surface area contributed by atoms with Gasteiger partial charge in [-0.15, -0.1) is 0 Å². The van der Waals surface area contributed by atoms with E-state index < -0.39 is 0 Å². The maximum absolute atomic E-state index is 9.32. The van der Waals surface area contributed by atoms with Gasteiger partial charge in [0.1, 0.15) is 0 Å². The van der Waals surface area contributed by atoms with E-state index in [0.717, 1.165) is 77.0 Å². The molecule has 37 heavy (non-hydrogen) atoms. The standard InChI is InChI=1S/4C8H18O.Ti/c4*1-4-7(5-2)8(9)6-3;/h4*7-9H,4-6H2,1-3H3;. The van der Waals surface area contributed by atoms with E-state index in [1.54, 1.807) is 0 Å². The van der Waals surface area contributed by atoms with Gasteiger partial charge in [0.25, 0.3) is 0 Å². The maximum atomic E-state index is 9.32. The maximum Gasteiger partial charge on any atom is 0.0565 e.